The standard InChI is InChI=1S/C16H12BrClN4O2.C2H5Br.C2H3F3/c17-13-2-1-3-14(21-13)24-8-10-7-20-12(6-11(10)18)15(23)22-16(9-19)4-5-16;1-2-3;1-2(3,4)5/h1-3,6-7H,4-5,8H2,(H,22,23);2H2,1H3;1H3. The van der Waals surface area contributed by atoms with Gasteiger partial charge < -0.3 is 10.1 Å². The number of carbonyl (C=O) groups excluding carboxylic acids is 1. The summed E-state index contributed by atoms with van der Waals surface area (Å²) < 4.78 is 37.3. The molecule has 0 saturated heterocycles. The Balaban J connectivity index is 0.000000555. The molecule has 0 aliphatic heterocycles. The predicted octanol–water partition coefficient (Wildman–Crippen LogP) is 6.23. The Morgan fingerprint density at radius 3 is 2.47 bits per heavy atom. The first kappa shape index (κ1) is 28.1. The van der Waals surface area contributed by atoms with Crippen LogP contribution in [0.3, 0.4) is 0 Å². The van der Waals surface area contributed by atoms with E-state index >= 15 is 0 Å². The van der Waals surface area contributed by atoms with Crippen LogP contribution in [0.2, 0.25) is 5.02 Å². The number of nitrogens with one attached hydrogen (secondary N) is 1. The first-order valence-electron chi connectivity index (χ1n) is 9.19. The lowest BCUT2D eigenvalue weighted by molar-refractivity contribution is -0.110. The van der Waals surface area contributed by atoms with E-state index in [4.69, 9.17) is 21.6 Å². The second kappa shape index (κ2) is 13.0. The van der Waals surface area contributed by atoms with Crippen LogP contribution in [0.15, 0.2) is 35.1 Å². The van der Waals surface area contributed by atoms with Crippen molar-refractivity contribution in [1.29, 1.82) is 5.26 Å². The van der Waals surface area contributed by atoms with Gasteiger partial charge in [0.1, 0.15) is 22.4 Å². The van der Waals surface area contributed by atoms with E-state index in [1.54, 1.807) is 12.1 Å². The molecule has 0 spiro atoms. The monoisotopic (exact) mass is 598 g/mol. The number of hydrogen-bond donors (Lipinski definition) is 1. The van der Waals surface area contributed by atoms with Crippen molar-refractivity contribution in [2.24, 2.45) is 0 Å². The number of rotatable bonds is 5. The van der Waals surface area contributed by atoms with Crippen molar-refractivity contribution in [1.82, 2.24) is 15.3 Å². The lowest BCUT2D eigenvalue weighted by atomic mass is 10.2. The van der Waals surface area contributed by atoms with Gasteiger partial charge in [0.25, 0.3) is 5.91 Å². The van der Waals surface area contributed by atoms with Gasteiger partial charge in [0.05, 0.1) is 11.1 Å². The number of carbonyl (C=O) groups is 1. The third kappa shape index (κ3) is 11.1. The summed E-state index contributed by atoms with van der Waals surface area (Å²) in [5, 5.41) is 13.1. The number of pyridine rings is 2. The number of hydrogen-bond acceptors (Lipinski definition) is 5. The van der Waals surface area contributed by atoms with Gasteiger partial charge in [-0.3, -0.25) is 9.78 Å². The molecular weight excluding hydrogens is 581 g/mol. The second-order valence-corrected chi connectivity index (χ2v) is 8.79. The zero-order valence-electron chi connectivity index (χ0n) is 17.1. The van der Waals surface area contributed by atoms with Crippen LogP contribution in [-0.4, -0.2) is 32.9 Å². The van der Waals surface area contributed by atoms with E-state index in [-0.39, 0.29) is 19.2 Å². The number of nitriles is 1. The fraction of sp³-hybridized carbons (Fsp3) is 0.400. The van der Waals surface area contributed by atoms with E-state index < -0.39 is 17.6 Å². The number of halogens is 6. The third-order valence-electron chi connectivity index (χ3n) is 3.54. The molecular formula is C20H20Br2ClF3N4O2. The molecule has 174 valence electrons. The van der Waals surface area contributed by atoms with Crippen LogP contribution in [0.25, 0.3) is 0 Å². The maximum atomic E-state index is 12.1. The highest BCUT2D eigenvalue weighted by atomic mass is 79.9. The summed E-state index contributed by atoms with van der Waals surface area (Å²) in [4.78, 5) is 20.4. The van der Waals surface area contributed by atoms with Crippen molar-refractivity contribution in [3.8, 4) is 11.9 Å². The first-order chi connectivity index (χ1) is 14.9. The van der Waals surface area contributed by atoms with Gasteiger partial charge in [0, 0.05) is 30.1 Å². The molecule has 0 radical (unpaired) electrons. The Kier molecular flexibility index (Phi) is 11.4. The second-order valence-electron chi connectivity index (χ2n) is 6.44. The van der Waals surface area contributed by atoms with Gasteiger partial charge in [-0.15, -0.1) is 0 Å². The maximum absolute atomic E-state index is 12.1. The van der Waals surface area contributed by atoms with Crippen molar-refractivity contribution in [2.75, 3.05) is 5.33 Å². The van der Waals surface area contributed by atoms with Crippen LogP contribution in [-0.2, 0) is 6.61 Å². The average Bonchev–Trinajstić information content (AvgIpc) is 3.46. The van der Waals surface area contributed by atoms with Crippen LogP contribution in [0.4, 0.5) is 13.2 Å². The fourth-order valence-corrected chi connectivity index (χ4v) is 2.52. The number of alkyl halides is 4. The molecule has 2 aromatic rings. The summed E-state index contributed by atoms with van der Waals surface area (Å²) >= 11 is 12.6. The highest BCUT2D eigenvalue weighted by molar-refractivity contribution is 9.10. The summed E-state index contributed by atoms with van der Waals surface area (Å²) in [6.07, 6.45) is -1.19. The number of aromatic nitrogens is 2. The molecule has 6 nitrogen and oxygen atoms in total. The number of ether oxygens (including phenoxy) is 1. The molecule has 1 fully saturated rings. The van der Waals surface area contributed by atoms with Crippen molar-refractivity contribution in [3.63, 3.8) is 0 Å². The van der Waals surface area contributed by atoms with E-state index in [9.17, 15) is 18.0 Å². The Bertz CT molecular complexity index is 945. The van der Waals surface area contributed by atoms with E-state index in [0.717, 1.165) is 5.33 Å². The van der Waals surface area contributed by atoms with Gasteiger partial charge >= 0.3 is 6.18 Å². The van der Waals surface area contributed by atoms with Crippen LogP contribution in [0.1, 0.15) is 42.7 Å². The summed E-state index contributed by atoms with van der Waals surface area (Å²) in [6, 6.07) is 8.90. The molecule has 2 aromatic heterocycles. The van der Waals surface area contributed by atoms with Crippen LogP contribution in [0.5, 0.6) is 5.88 Å². The first-order valence-corrected chi connectivity index (χ1v) is 11.5. The Hall–Kier alpha value is -1.90. The lowest BCUT2D eigenvalue weighted by Gasteiger charge is -2.10. The normalized spacial score (nSPS) is 13.3. The topological polar surface area (TPSA) is 87.9 Å². The minimum Gasteiger partial charge on any atom is -0.473 e. The summed E-state index contributed by atoms with van der Waals surface area (Å²) in [7, 11) is 0. The predicted molar refractivity (Wildman–Crippen MR) is 122 cm³/mol. The molecule has 1 aliphatic carbocycles. The minimum atomic E-state index is -4.00. The SMILES string of the molecule is CC(F)(F)F.CCBr.N#CC1(NC(=O)c2cc(Cl)c(COc3cccc(Br)n3)cn2)CC1. The van der Waals surface area contributed by atoms with Gasteiger partial charge in [-0.25, -0.2) is 4.98 Å². The van der Waals surface area contributed by atoms with Crippen molar-refractivity contribution < 1.29 is 22.7 Å². The highest BCUT2D eigenvalue weighted by Gasteiger charge is 2.44. The Morgan fingerprint density at radius 1 is 1.41 bits per heavy atom. The van der Waals surface area contributed by atoms with E-state index in [0.29, 0.717) is 33.9 Å². The Labute approximate surface area is 205 Å². The molecule has 3 rings (SSSR count). The summed E-state index contributed by atoms with van der Waals surface area (Å²) in [5.41, 5.74) is 0.0709. The smallest absolute Gasteiger partial charge is 0.386 e. The lowest BCUT2D eigenvalue weighted by Crippen LogP contribution is -2.36. The molecule has 1 aliphatic rings. The molecule has 0 aromatic carbocycles. The molecule has 1 saturated carbocycles. The largest absolute Gasteiger partial charge is 0.473 e. The molecule has 0 atom stereocenters. The maximum Gasteiger partial charge on any atom is 0.386 e. The van der Waals surface area contributed by atoms with Gasteiger partial charge in [-0.1, -0.05) is 40.5 Å². The molecule has 0 unspecified atom stereocenters. The van der Waals surface area contributed by atoms with Crippen molar-refractivity contribution >= 4 is 49.4 Å². The third-order valence-corrected chi connectivity index (χ3v) is 4.34. The summed E-state index contributed by atoms with van der Waals surface area (Å²) in [6.45, 7) is 2.41. The van der Waals surface area contributed by atoms with Crippen LogP contribution >= 0.6 is 43.5 Å². The van der Waals surface area contributed by atoms with E-state index in [1.165, 1.54) is 12.3 Å². The Morgan fingerprint density at radius 2 is 2.00 bits per heavy atom. The molecule has 12 heteroatoms. The highest BCUT2D eigenvalue weighted by Crippen LogP contribution is 2.34. The molecule has 0 bridgehead atoms. The molecule has 1 N–H and O–H groups in total. The van der Waals surface area contributed by atoms with Gasteiger partial charge in [0.2, 0.25) is 5.88 Å². The van der Waals surface area contributed by atoms with Gasteiger partial charge in [-0.05, 0) is 40.9 Å². The zero-order valence-corrected chi connectivity index (χ0v) is 21.1. The fourth-order valence-electron chi connectivity index (χ4n) is 1.98. The minimum absolute atomic E-state index is 0.172. The van der Waals surface area contributed by atoms with Crippen LogP contribution < -0.4 is 10.1 Å². The van der Waals surface area contributed by atoms with Crippen molar-refractivity contribution in [2.45, 2.75) is 45.0 Å². The van der Waals surface area contributed by atoms with E-state index in [2.05, 4.69) is 53.2 Å². The molecule has 1 amide bonds. The van der Waals surface area contributed by atoms with Gasteiger partial charge in [0.15, 0.2) is 0 Å². The number of nitrogens with zero attached hydrogens (tertiary/aromatic N) is 3. The summed E-state index contributed by atoms with van der Waals surface area (Å²) in [5.74, 6) is 0.0454. The van der Waals surface area contributed by atoms with E-state index in [1.807, 2.05) is 13.0 Å². The zero-order chi connectivity index (χ0) is 24.4. The van der Waals surface area contributed by atoms with Gasteiger partial charge in [-0.2, -0.15) is 18.4 Å². The van der Waals surface area contributed by atoms with Crippen LogP contribution in [0, 0.1) is 11.3 Å². The molecule has 32 heavy (non-hydrogen) atoms. The average molecular weight is 601 g/mol. The quantitative estimate of drug-likeness (QED) is 0.325. The number of amides is 1. The molecule has 2 heterocycles. The van der Waals surface area contributed by atoms with Crippen molar-refractivity contribution in [3.05, 3.63) is 51.3 Å².